The SMILES string of the molecule is Cc1cc(-c2c(-c3ccc(F)cc3)nc(N)n3nc(Cc4nccs4)nc23)ccn1. The standard InChI is InChI=1S/C21H16FN7S/c1-12-10-14(6-7-24-12)18-19(13-2-4-15(22)5-3-13)27-21(23)29-20(18)26-16(28-29)11-17-25-8-9-30-17/h2-10H,11H2,1H3,(H2,23,27). The van der Waals surface area contributed by atoms with Gasteiger partial charge in [0, 0.05) is 29.0 Å². The van der Waals surface area contributed by atoms with E-state index in [4.69, 9.17) is 10.7 Å². The van der Waals surface area contributed by atoms with Crippen molar-refractivity contribution in [1.82, 2.24) is 29.5 Å². The molecule has 5 rings (SSSR count). The molecule has 0 spiro atoms. The summed E-state index contributed by atoms with van der Waals surface area (Å²) in [4.78, 5) is 18.0. The molecule has 0 saturated carbocycles. The van der Waals surface area contributed by atoms with Crippen molar-refractivity contribution in [2.45, 2.75) is 13.3 Å². The highest BCUT2D eigenvalue weighted by molar-refractivity contribution is 7.09. The largest absolute Gasteiger partial charge is 0.368 e. The molecule has 30 heavy (non-hydrogen) atoms. The molecule has 148 valence electrons. The number of pyridine rings is 1. The first-order chi connectivity index (χ1) is 14.6. The van der Waals surface area contributed by atoms with Gasteiger partial charge in [-0.15, -0.1) is 16.4 Å². The van der Waals surface area contributed by atoms with Gasteiger partial charge in [-0.05, 0) is 48.9 Å². The van der Waals surface area contributed by atoms with Gasteiger partial charge in [0.05, 0.1) is 17.7 Å². The van der Waals surface area contributed by atoms with Gasteiger partial charge in [0.25, 0.3) is 0 Å². The number of anilines is 1. The average molecular weight is 417 g/mol. The zero-order valence-corrected chi connectivity index (χ0v) is 16.8. The van der Waals surface area contributed by atoms with E-state index in [9.17, 15) is 4.39 Å². The fourth-order valence-corrected chi connectivity index (χ4v) is 3.95. The van der Waals surface area contributed by atoms with Crippen molar-refractivity contribution in [2.24, 2.45) is 0 Å². The van der Waals surface area contributed by atoms with Crippen LogP contribution in [0.3, 0.4) is 0 Å². The smallest absolute Gasteiger partial charge is 0.223 e. The fraction of sp³-hybridized carbons (Fsp3) is 0.0952. The Morgan fingerprint density at radius 2 is 1.87 bits per heavy atom. The summed E-state index contributed by atoms with van der Waals surface area (Å²) in [7, 11) is 0. The molecule has 9 heteroatoms. The van der Waals surface area contributed by atoms with Crippen LogP contribution in [0, 0.1) is 12.7 Å². The molecule has 0 fully saturated rings. The molecule has 5 aromatic rings. The molecule has 0 unspecified atom stereocenters. The third kappa shape index (κ3) is 3.29. The third-order valence-electron chi connectivity index (χ3n) is 4.65. The van der Waals surface area contributed by atoms with Gasteiger partial charge in [0.2, 0.25) is 5.95 Å². The molecular formula is C21H16FN7S. The van der Waals surface area contributed by atoms with Crippen LogP contribution in [0.4, 0.5) is 10.3 Å². The van der Waals surface area contributed by atoms with Gasteiger partial charge in [0.1, 0.15) is 10.8 Å². The Labute approximate surface area is 175 Å². The molecule has 0 radical (unpaired) electrons. The quantitative estimate of drug-likeness (QED) is 0.476. The molecule has 0 aliphatic rings. The molecular weight excluding hydrogens is 401 g/mol. The van der Waals surface area contributed by atoms with E-state index in [0.29, 0.717) is 23.6 Å². The van der Waals surface area contributed by atoms with E-state index >= 15 is 0 Å². The van der Waals surface area contributed by atoms with Gasteiger partial charge in [-0.2, -0.15) is 4.52 Å². The van der Waals surface area contributed by atoms with E-state index in [2.05, 4.69) is 20.1 Å². The van der Waals surface area contributed by atoms with Crippen LogP contribution >= 0.6 is 11.3 Å². The Hall–Kier alpha value is -3.72. The van der Waals surface area contributed by atoms with E-state index in [-0.39, 0.29) is 11.8 Å². The van der Waals surface area contributed by atoms with Crippen molar-refractivity contribution in [3.63, 3.8) is 0 Å². The van der Waals surface area contributed by atoms with Crippen molar-refractivity contribution in [3.8, 4) is 22.4 Å². The summed E-state index contributed by atoms with van der Waals surface area (Å²) in [5.74, 6) is 0.487. The number of nitrogen functional groups attached to an aromatic ring is 1. The predicted octanol–water partition coefficient (Wildman–Crippen LogP) is 3.93. The number of halogens is 1. The van der Waals surface area contributed by atoms with Crippen LogP contribution in [0.15, 0.2) is 54.2 Å². The molecule has 4 aromatic heterocycles. The summed E-state index contributed by atoms with van der Waals surface area (Å²) in [6, 6.07) is 10.0. The highest BCUT2D eigenvalue weighted by Gasteiger charge is 2.20. The number of benzene rings is 1. The predicted molar refractivity (Wildman–Crippen MR) is 113 cm³/mol. The lowest BCUT2D eigenvalue weighted by Crippen LogP contribution is -2.06. The maximum atomic E-state index is 13.5. The van der Waals surface area contributed by atoms with Gasteiger partial charge in [-0.25, -0.2) is 19.3 Å². The second-order valence-electron chi connectivity index (χ2n) is 6.75. The number of aryl methyl sites for hydroxylation is 1. The van der Waals surface area contributed by atoms with Gasteiger partial charge in [0.15, 0.2) is 11.5 Å². The fourth-order valence-electron chi connectivity index (χ4n) is 3.33. The van der Waals surface area contributed by atoms with Crippen molar-refractivity contribution >= 4 is 22.9 Å². The maximum Gasteiger partial charge on any atom is 0.223 e. The van der Waals surface area contributed by atoms with E-state index in [0.717, 1.165) is 27.4 Å². The minimum Gasteiger partial charge on any atom is -0.368 e. The lowest BCUT2D eigenvalue weighted by molar-refractivity contribution is 0.628. The monoisotopic (exact) mass is 417 g/mol. The molecule has 0 atom stereocenters. The van der Waals surface area contributed by atoms with Gasteiger partial charge in [-0.3, -0.25) is 4.98 Å². The topological polar surface area (TPSA) is 94.9 Å². The molecule has 4 heterocycles. The molecule has 0 aliphatic carbocycles. The Morgan fingerprint density at radius 3 is 2.60 bits per heavy atom. The first-order valence-electron chi connectivity index (χ1n) is 9.21. The zero-order valence-electron chi connectivity index (χ0n) is 16.0. The lowest BCUT2D eigenvalue weighted by Gasteiger charge is -2.12. The summed E-state index contributed by atoms with van der Waals surface area (Å²) in [5.41, 5.74) is 10.7. The van der Waals surface area contributed by atoms with E-state index in [1.807, 2.05) is 24.4 Å². The summed E-state index contributed by atoms with van der Waals surface area (Å²) < 4.78 is 15.1. The number of thiazole rings is 1. The number of nitrogens with two attached hydrogens (primary N) is 1. The number of nitrogens with zero attached hydrogens (tertiary/aromatic N) is 6. The van der Waals surface area contributed by atoms with Crippen LogP contribution in [-0.4, -0.2) is 29.5 Å². The van der Waals surface area contributed by atoms with Crippen LogP contribution in [-0.2, 0) is 6.42 Å². The Kier molecular flexibility index (Phi) is 4.44. The van der Waals surface area contributed by atoms with Gasteiger partial charge in [-0.1, -0.05) is 0 Å². The number of fused-ring (bicyclic) bond motifs is 1. The average Bonchev–Trinajstić information content (AvgIpc) is 3.39. The summed E-state index contributed by atoms with van der Waals surface area (Å²) in [6.07, 6.45) is 3.99. The van der Waals surface area contributed by atoms with Crippen LogP contribution in [0.2, 0.25) is 0 Å². The minimum atomic E-state index is -0.317. The maximum absolute atomic E-state index is 13.5. The zero-order chi connectivity index (χ0) is 20.7. The summed E-state index contributed by atoms with van der Waals surface area (Å²) >= 11 is 1.54. The first kappa shape index (κ1) is 18.3. The van der Waals surface area contributed by atoms with Gasteiger partial charge < -0.3 is 5.73 Å². The number of aromatic nitrogens is 6. The van der Waals surface area contributed by atoms with Crippen molar-refractivity contribution in [2.75, 3.05) is 5.73 Å². The molecule has 0 saturated heterocycles. The van der Waals surface area contributed by atoms with Crippen LogP contribution in [0.1, 0.15) is 16.5 Å². The van der Waals surface area contributed by atoms with Crippen LogP contribution in [0.5, 0.6) is 0 Å². The second kappa shape index (κ2) is 7.27. The molecule has 0 aliphatic heterocycles. The number of hydrogen-bond donors (Lipinski definition) is 1. The summed E-state index contributed by atoms with van der Waals surface area (Å²) in [5, 5.41) is 7.38. The molecule has 0 bridgehead atoms. The Balaban J connectivity index is 1.78. The van der Waals surface area contributed by atoms with Crippen molar-refractivity contribution in [1.29, 1.82) is 0 Å². The van der Waals surface area contributed by atoms with Crippen molar-refractivity contribution in [3.05, 3.63) is 76.5 Å². The second-order valence-corrected chi connectivity index (χ2v) is 7.73. The van der Waals surface area contributed by atoms with E-state index in [1.54, 1.807) is 40.4 Å². The third-order valence-corrected chi connectivity index (χ3v) is 5.43. The number of rotatable bonds is 4. The highest BCUT2D eigenvalue weighted by atomic mass is 32.1. The van der Waals surface area contributed by atoms with Crippen LogP contribution in [0.25, 0.3) is 28.0 Å². The highest BCUT2D eigenvalue weighted by Crippen LogP contribution is 2.35. The van der Waals surface area contributed by atoms with Crippen molar-refractivity contribution < 1.29 is 4.39 Å². The molecule has 2 N–H and O–H groups in total. The van der Waals surface area contributed by atoms with E-state index in [1.165, 1.54) is 12.1 Å². The minimum absolute atomic E-state index is 0.205. The Morgan fingerprint density at radius 1 is 1.03 bits per heavy atom. The van der Waals surface area contributed by atoms with E-state index < -0.39 is 0 Å². The molecule has 7 nitrogen and oxygen atoms in total. The molecule has 0 amide bonds. The summed E-state index contributed by atoms with van der Waals surface area (Å²) in [6.45, 7) is 1.92. The molecule has 1 aromatic carbocycles. The van der Waals surface area contributed by atoms with Gasteiger partial charge >= 0.3 is 0 Å². The lowest BCUT2D eigenvalue weighted by atomic mass is 10.0. The first-order valence-corrected chi connectivity index (χ1v) is 10.1. The van der Waals surface area contributed by atoms with Crippen LogP contribution < -0.4 is 5.73 Å². The normalized spacial score (nSPS) is 11.3. The number of hydrogen-bond acceptors (Lipinski definition) is 7. The Bertz CT molecular complexity index is 1340.